The van der Waals surface area contributed by atoms with Gasteiger partial charge in [0.05, 0.1) is 4.47 Å². The monoisotopic (exact) mass is 431 g/mol. The zero-order valence-corrected chi connectivity index (χ0v) is 16.7. The number of hydrogen-bond acceptors (Lipinski definition) is 2. The highest BCUT2D eigenvalue weighted by Gasteiger charge is 2.10. The highest BCUT2D eigenvalue weighted by atomic mass is 79.9. The predicted molar refractivity (Wildman–Crippen MR) is 116 cm³/mol. The van der Waals surface area contributed by atoms with E-state index in [0.29, 0.717) is 17.0 Å². The van der Waals surface area contributed by atoms with Crippen LogP contribution < -0.4 is 10.2 Å². The van der Waals surface area contributed by atoms with Gasteiger partial charge in [-0.25, -0.2) is 0 Å². The van der Waals surface area contributed by atoms with Gasteiger partial charge in [0.1, 0.15) is 6.61 Å². The van der Waals surface area contributed by atoms with Crippen LogP contribution in [0.25, 0.3) is 16.8 Å². The van der Waals surface area contributed by atoms with E-state index >= 15 is 0 Å². The van der Waals surface area contributed by atoms with Crippen molar-refractivity contribution in [2.45, 2.75) is 6.61 Å². The van der Waals surface area contributed by atoms with Gasteiger partial charge >= 0.3 is 0 Å². The summed E-state index contributed by atoms with van der Waals surface area (Å²) in [6.45, 7) is 0.389. The first-order valence-electron chi connectivity index (χ1n) is 8.95. The van der Waals surface area contributed by atoms with Crippen LogP contribution in [0.2, 0.25) is 0 Å². The van der Waals surface area contributed by atoms with Gasteiger partial charge < -0.3 is 4.74 Å². The molecule has 0 amide bonds. The van der Waals surface area contributed by atoms with E-state index in [4.69, 9.17) is 4.74 Å². The summed E-state index contributed by atoms with van der Waals surface area (Å²) in [7, 11) is 0. The lowest BCUT2D eigenvalue weighted by Crippen LogP contribution is -2.11. The molecule has 0 bridgehead atoms. The van der Waals surface area contributed by atoms with Crippen LogP contribution in [0.5, 0.6) is 5.88 Å². The summed E-state index contributed by atoms with van der Waals surface area (Å²) in [6, 6.07) is 29.8. The second-order valence-electron chi connectivity index (χ2n) is 6.38. The van der Waals surface area contributed by atoms with Gasteiger partial charge in [0.2, 0.25) is 5.88 Å². The van der Waals surface area contributed by atoms with Crippen LogP contribution in [0.4, 0.5) is 0 Å². The van der Waals surface area contributed by atoms with Crippen LogP contribution in [0, 0.1) is 0 Å². The van der Waals surface area contributed by atoms with Crippen LogP contribution >= 0.6 is 15.9 Å². The highest BCUT2D eigenvalue weighted by molar-refractivity contribution is 9.10. The van der Waals surface area contributed by atoms with E-state index in [2.05, 4.69) is 40.2 Å². The third kappa shape index (κ3) is 4.07. The van der Waals surface area contributed by atoms with Crippen molar-refractivity contribution in [3.63, 3.8) is 0 Å². The third-order valence-corrected chi connectivity index (χ3v) is 5.03. The zero-order valence-electron chi connectivity index (χ0n) is 15.1. The topological polar surface area (TPSA) is 31.2 Å². The van der Waals surface area contributed by atoms with E-state index in [9.17, 15) is 4.79 Å². The lowest BCUT2D eigenvalue weighted by atomic mass is 10.1. The fraction of sp³-hybridized carbons (Fsp3) is 0.0417. The molecule has 4 rings (SSSR count). The summed E-state index contributed by atoms with van der Waals surface area (Å²) in [6.07, 6.45) is 1.76. The molecule has 0 aliphatic rings. The van der Waals surface area contributed by atoms with Gasteiger partial charge in [0.25, 0.3) is 0 Å². The summed E-state index contributed by atoms with van der Waals surface area (Å²) >= 11 is 3.35. The molecule has 1 heterocycles. The molecule has 0 unspecified atom stereocenters. The molecular formula is C24H18BrNO2. The molecule has 0 spiro atoms. The SMILES string of the molecule is O=c1cc(OCc2ccccc2)n(-c2cccc(-c3ccccc3)c2)cc1Br. The molecule has 4 heteroatoms. The molecule has 0 fully saturated rings. The molecule has 3 aromatic carbocycles. The van der Waals surface area contributed by atoms with E-state index < -0.39 is 0 Å². The Balaban J connectivity index is 1.73. The Morgan fingerprint density at radius 1 is 0.786 bits per heavy atom. The third-order valence-electron chi connectivity index (χ3n) is 4.43. The Bertz CT molecular complexity index is 1140. The standard InChI is InChI=1S/C24H18BrNO2/c25-22-16-26(21-13-7-12-20(14-21)19-10-5-2-6-11-19)24(15-23(22)27)28-17-18-8-3-1-4-9-18/h1-16H,17H2. The van der Waals surface area contributed by atoms with Gasteiger partial charge in [0.15, 0.2) is 5.43 Å². The van der Waals surface area contributed by atoms with Crippen molar-refractivity contribution in [1.29, 1.82) is 0 Å². The average molecular weight is 432 g/mol. The summed E-state index contributed by atoms with van der Waals surface area (Å²) in [5, 5.41) is 0. The Morgan fingerprint density at radius 2 is 1.46 bits per heavy atom. The highest BCUT2D eigenvalue weighted by Crippen LogP contribution is 2.25. The van der Waals surface area contributed by atoms with E-state index in [1.807, 2.05) is 65.2 Å². The molecule has 0 saturated carbocycles. The summed E-state index contributed by atoms with van der Waals surface area (Å²) < 4.78 is 8.38. The lowest BCUT2D eigenvalue weighted by molar-refractivity contribution is 0.286. The fourth-order valence-electron chi connectivity index (χ4n) is 3.00. The maximum atomic E-state index is 12.2. The average Bonchev–Trinajstić information content (AvgIpc) is 2.76. The van der Waals surface area contributed by atoms with Crippen LogP contribution in [-0.4, -0.2) is 4.57 Å². The Kier molecular flexibility index (Phi) is 5.40. The van der Waals surface area contributed by atoms with Gasteiger partial charge in [-0.3, -0.25) is 9.36 Å². The molecule has 28 heavy (non-hydrogen) atoms. The molecule has 0 saturated heterocycles. The molecule has 0 atom stereocenters. The minimum atomic E-state index is -0.112. The Morgan fingerprint density at radius 3 is 2.21 bits per heavy atom. The van der Waals surface area contributed by atoms with Gasteiger partial charge in [-0.05, 0) is 44.8 Å². The molecule has 4 aromatic rings. The molecule has 0 aliphatic carbocycles. The van der Waals surface area contributed by atoms with Crippen molar-refractivity contribution < 1.29 is 4.74 Å². The normalized spacial score (nSPS) is 10.6. The number of rotatable bonds is 5. The molecule has 0 N–H and O–H groups in total. The number of halogens is 1. The maximum absolute atomic E-state index is 12.2. The van der Waals surface area contributed by atoms with Crippen molar-refractivity contribution in [2.24, 2.45) is 0 Å². The lowest BCUT2D eigenvalue weighted by Gasteiger charge is -2.16. The molecule has 3 nitrogen and oxygen atoms in total. The van der Waals surface area contributed by atoms with Crippen molar-refractivity contribution in [3.05, 3.63) is 117 Å². The molecule has 138 valence electrons. The van der Waals surface area contributed by atoms with Crippen molar-refractivity contribution >= 4 is 15.9 Å². The van der Waals surface area contributed by atoms with Gasteiger partial charge in [-0.1, -0.05) is 72.8 Å². The summed E-state index contributed by atoms with van der Waals surface area (Å²) in [4.78, 5) is 12.2. The second-order valence-corrected chi connectivity index (χ2v) is 7.24. The minimum absolute atomic E-state index is 0.112. The van der Waals surface area contributed by atoms with E-state index in [0.717, 1.165) is 22.4 Å². The van der Waals surface area contributed by atoms with Gasteiger partial charge in [-0.2, -0.15) is 0 Å². The molecule has 0 aliphatic heterocycles. The van der Waals surface area contributed by atoms with Crippen molar-refractivity contribution in [2.75, 3.05) is 0 Å². The summed E-state index contributed by atoms with van der Waals surface area (Å²) in [5.41, 5.74) is 4.09. The summed E-state index contributed by atoms with van der Waals surface area (Å²) in [5.74, 6) is 0.502. The molecule has 1 aromatic heterocycles. The number of hydrogen-bond donors (Lipinski definition) is 0. The first-order chi connectivity index (χ1) is 13.7. The first-order valence-corrected chi connectivity index (χ1v) is 9.75. The largest absolute Gasteiger partial charge is 0.474 e. The van der Waals surface area contributed by atoms with Crippen LogP contribution in [0.3, 0.4) is 0 Å². The van der Waals surface area contributed by atoms with E-state index in [-0.39, 0.29) is 5.43 Å². The number of nitrogens with zero attached hydrogens (tertiary/aromatic N) is 1. The van der Waals surface area contributed by atoms with Crippen LogP contribution in [0.1, 0.15) is 5.56 Å². The number of benzene rings is 3. The van der Waals surface area contributed by atoms with Gasteiger partial charge in [-0.15, -0.1) is 0 Å². The quantitative estimate of drug-likeness (QED) is 0.397. The Labute approximate surface area is 172 Å². The minimum Gasteiger partial charge on any atom is -0.474 e. The predicted octanol–water partition coefficient (Wildman–Crippen LogP) is 5.85. The molecular weight excluding hydrogens is 414 g/mol. The van der Waals surface area contributed by atoms with Gasteiger partial charge in [0, 0.05) is 18.0 Å². The smallest absolute Gasteiger partial charge is 0.202 e. The van der Waals surface area contributed by atoms with Crippen LogP contribution in [0.15, 0.2) is 106 Å². The number of pyridine rings is 1. The van der Waals surface area contributed by atoms with Crippen molar-refractivity contribution in [1.82, 2.24) is 4.57 Å². The van der Waals surface area contributed by atoms with E-state index in [1.54, 1.807) is 6.20 Å². The number of ether oxygens (including phenoxy) is 1. The zero-order chi connectivity index (χ0) is 19.3. The first kappa shape index (κ1) is 18.3. The second kappa shape index (κ2) is 8.28. The molecule has 0 radical (unpaired) electrons. The number of aromatic nitrogens is 1. The van der Waals surface area contributed by atoms with E-state index in [1.165, 1.54) is 6.07 Å². The van der Waals surface area contributed by atoms with Crippen molar-refractivity contribution in [3.8, 4) is 22.7 Å². The van der Waals surface area contributed by atoms with Crippen LogP contribution in [-0.2, 0) is 6.61 Å². The fourth-order valence-corrected chi connectivity index (χ4v) is 3.32. The maximum Gasteiger partial charge on any atom is 0.202 e. The Hall–Kier alpha value is -3.11.